The fourth-order valence-corrected chi connectivity index (χ4v) is 0. The summed E-state index contributed by atoms with van der Waals surface area (Å²) in [5.74, 6) is 0. The Labute approximate surface area is 74.3 Å². The molecule has 0 rings (SSSR count). The zero-order valence-corrected chi connectivity index (χ0v) is 5.48. The van der Waals surface area contributed by atoms with Gasteiger partial charge in [-0.2, -0.15) is 0 Å². The van der Waals surface area contributed by atoms with Crippen molar-refractivity contribution in [2.24, 2.45) is 0 Å². The molecule has 0 aromatic rings. The molecule has 7 heteroatoms. The number of hydrogen-bond acceptors (Lipinski definition) is 3. The molecular formula is BCoLiNiO3+2. The van der Waals surface area contributed by atoms with E-state index in [1.165, 1.54) is 0 Å². The zero-order valence-electron chi connectivity index (χ0n) is 3.45. The Morgan fingerprint density at radius 2 is 1.00 bits per heavy atom. The average Bonchev–Trinajstić information content (AvgIpc) is 0.811. The summed E-state index contributed by atoms with van der Waals surface area (Å²) >= 11 is 0. The Bertz CT molecular complexity index is 19.7. The van der Waals surface area contributed by atoms with Gasteiger partial charge in [0.1, 0.15) is 0 Å². The fourth-order valence-electron chi connectivity index (χ4n) is 0. The molecule has 0 aliphatic rings. The average molecular weight is 183 g/mol. The Morgan fingerprint density at radius 3 is 1.00 bits per heavy atom. The zero-order chi connectivity index (χ0) is 3.58. The van der Waals surface area contributed by atoms with Crippen LogP contribution in [-0.4, -0.2) is 7.32 Å². The summed E-state index contributed by atoms with van der Waals surface area (Å²) in [6.07, 6.45) is 0. The summed E-state index contributed by atoms with van der Waals surface area (Å²) in [5, 5.41) is 25.2. The molecule has 0 N–H and O–H groups in total. The first-order valence-corrected chi connectivity index (χ1v) is 0.707. The van der Waals surface area contributed by atoms with Crippen molar-refractivity contribution in [2.45, 2.75) is 0 Å². The van der Waals surface area contributed by atoms with Crippen molar-refractivity contribution in [1.82, 2.24) is 0 Å². The van der Waals surface area contributed by atoms with E-state index in [2.05, 4.69) is 0 Å². The molecule has 0 saturated carbocycles. The van der Waals surface area contributed by atoms with Gasteiger partial charge in [-0.25, -0.2) is 0 Å². The Kier molecular flexibility index (Phi) is 52.6. The van der Waals surface area contributed by atoms with Crippen LogP contribution in [0.2, 0.25) is 0 Å². The largest absolute Gasteiger partial charge is 2.00 e. The van der Waals surface area contributed by atoms with Gasteiger partial charge in [0.05, 0.1) is 0 Å². The van der Waals surface area contributed by atoms with Gasteiger partial charge in [-0.1, -0.05) is 0 Å². The van der Waals surface area contributed by atoms with Gasteiger partial charge in [-0.3, -0.25) is 7.32 Å². The Balaban J connectivity index is -0.0000000150. The molecule has 39 valence electrons. The van der Waals surface area contributed by atoms with Gasteiger partial charge < -0.3 is 15.1 Å². The first-order chi connectivity index (χ1) is 1.73. The number of hydrogen-bond donors (Lipinski definition) is 0. The molecule has 0 bridgehead atoms. The maximum Gasteiger partial charge on any atom is 2.00 e. The predicted molar refractivity (Wildman–Crippen MR) is 5.75 cm³/mol. The molecule has 0 atom stereocenters. The molecule has 0 heterocycles. The summed E-state index contributed by atoms with van der Waals surface area (Å²) in [5.41, 5.74) is 0. The van der Waals surface area contributed by atoms with Crippen LogP contribution in [-0.2, 0) is 33.3 Å². The maximum atomic E-state index is 8.42. The summed E-state index contributed by atoms with van der Waals surface area (Å²) < 4.78 is 0. The molecule has 0 spiro atoms. The summed E-state index contributed by atoms with van der Waals surface area (Å²) in [6, 6.07) is 0. The quantitative estimate of drug-likeness (QED) is 0.351. The predicted octanol–water partition coefficient (Wildman–Crippen LogP) is -6.95. The van der Waals surface area contributed by atoms with Crippen LogP contribution >= 0.6 is 0 Å². The SMILES string of the molecule is [Co+2].[Li+].[Ni+2].[O-]B([O-])[O-]. The topological polar surface area (TPSA) is 69.2 Å². The van der Waals surface area contributed by atoms with Crippen LogP contribution in [0.1, 0.15) is 0 Å². The molecule has 0 amide bonds. The van der Waals surface area contributed by atoms with Gasteiger partial charge in [-0.05, 0) is 0 Å². The fraction of sp³-hybridized carbons (Fsp3) is 0. The van der Waals surface area contributed by atoms with Crippen LogP contribution in [0.4, 0.5) is 0 Å². The monoisotopic (exact) mass is 183 g/mol. The first-order valence-electron chi connectivity index (χ1n) is 0.707. The smallest absolute Gasteiger partial charge is 0.907 e. The van der Waals surface area contributed by atoms with E-state index >= 15 is 0 Å². The number of rotatable bonds is 0. The van der Waals surface area contributed by atoms with E-state index in [9.17, 15) is 0 Å². The standard InChI is InChI=1S/BO3.Co.Li.Ni/c2-1(3)4;;;/q-3;+2;+1;+2. The van der Waals surface area contributed by atoms with E-state index in [1.807, 2.05) is 0 Å². The molecule has 0 saturated heterocycles. The van der Waals surface area contributed by atoms with Crippen LogP contribution in [0.15, 0.2) is 0 Å². The van der Waals surface area contributed by atoms with Gasteiger partial charge in [0, 0.05) is 0 Å². The van der Waals surface area contributed by atoms with Crippen molar-refractivity contribution in [3.05, 3.63) is 0 Å². The molecule has 0 aromatic heterocycles. The molecule has 0 aromatic carbocycles. The van der Waals surface area contributed by atoms with Crippen LogP contribution < -0.4 is 33.9 Å². The minimum Gasteiger partial charge on any atom is -0.907 e. The third-order valence-electron chi connectivity index (χ3n) is 0. The second kappa shape index (κ2) is 15.6. The van der Waals surface area contributed by atoms with Crippen LogP contribution in [0.5, 0.6) is 0 Å². The second-order valence-corrected chi connectivity index (χ2v) is 0.289. The van der Waals surface area contributed by atoms with Crippen LogP contribution in [0, 0.1) is 0 Å². The van der Waals surface area contributed by atoms with Gasteiger partial charge in [0.15, 0.2) is 0 Å². The molecule has 0 unspecified atom stereocenters. The van der Waals surface area contributed by atoms with Crippen molar-refractivity contribution >= 4 is 7.32 Å². The summed E-state index contributed by atoms with van der Waals surface area (Å²) in [4.78, 5) is 0. The van der Waals surface area contributed by atoms with Crippen molar-refractivity contribution in [3.8, 4) is 0 Å². The molecule has 1 radical (unpaired) electrons. The molecule has 7 heavy (non-hydrogen) atoms. The van der Waals surface area contributed by atoms with Crippen molar-refractivity contribution in [3.63, 3.8) is 0 Å². The van der Waals surface area contributed by atoms with Gasteiger partial charge >= 0.3 is 52.1 Å². The minimum absolute atomic E-state index is 0. The Hall–Kier alpha value is 1.54. The Morgan fingerprint density at radius 1 is 1.00 bits per heavy atom. The summed E-state index contributed by atoms with van der Waals surface area (Å²) in [7, 11) is -2.92. The maximum absolute atomic E-state index is 8.42. The molecule has 0 fully saturated rings. The molecule has 0 aliphatic heterocycles. The van der Waals surface area contributed by atoms with Crippen molar-refractivity contribution in [1.29, 1.82) is 0 Å². The van der Waals surface area contributed by atoms with Crippen molar-refractivity contribution in [2.75, 3.05) is 0 Å². The molecular weight excluding hydrogens is 183 g/mol. The molecule has 0 aliphatic carbocycles. The van der Waals surface area contributed by atoms with E-state index in [0.29, 0.717) is 0 Å². The first kappa shape index (κ1) is 23.6. The van der Waals surface area contributed by atoms with E-state index in [0.717, 1.165) is 0 Å². The van der Waals surface area contributed by atoms with Crippen molar-refractivity contribution < 1.29 is 67.2 Å². The summed E-state index contributed by atoms with van der Waals surface area (Å²) in [6.45, 7) is 0. The third kappa shape index (κ3) is 97.4. The van der Waals surface area contributed by atoms with Gasteiger partial charge in [0.25, 0.3) is 0 Å². The van der Waals surface area contributed by atoms with E-state index in [4.69, 9.17) is 15.1 Å². The second-order valence-electron chi connectivity index (χ2n) is 0.289. The van der Waals surface area contributed by atoms with Gasteiger partial charge in [0.2, 0.25) is 0 Å². The van der Waals surface area contributed by atoms with E-state index in [1.54, 1.807) is 0 Å². The molecule has 3 nitrogen and oxygen atoms in total. The van der Waals surface area contributed by atoms with Crippen LogP contribution in [0.25, 0.3) is 0 Å². The third-order valence-corrected chi connectivity index (χ3v) is 0. The van der Waals surface area contributed by atoms with Crippen LogP contribution in [0.3, 0.4) is 0 Å². The van der Waals surface area contributed by atoms with Gasteiger partial charge in [-0.15, -0.1) is 0 Å². The normalized spacial score (nSPS) is 3.86. The minimum atomic E-state index is -2.92. The van der Waals surface area contributed by atoms with E-state index in [-0.39, 0.29) is 52.1 Å². The van der Waals surface area contributed by atoms with E-state index < -0.39 is 7.32 Å².